The Morgan fingerprint density at radius 1 is 1.33 bits per heavy atom. The number of aryl methyl sites for hydroxylation is 1. The van der Waals surface area contributed by atoms with Crippen molar-refractivity contribution in [2.24, 2.45) is 11.8 Å². The van der Waals surface area contributed by atoms with E-state index in [-0.39, 0.29) is 0 Å². The van der Waals surface area contributed by atoms with Crippen LogP contribution in [0.15, 0.2) is 0 Å². The highest BCUT2D eigenvalue weighted by Gasteiger charge is 2.56. The first kappa shape index (κ1) is 11.6. The predicted octanol–water partition coefficient (Wildman–Crippen LogP) is 2.71. The van der Waals surface area contributed by atoms with Gasteiger partial charge in [0.25, 0.3) is 0 Å². The lowest BCUT2D eigenvalue weighted by Crippen LogP contribution is -2.31. The van der Waals surface area contributed by atoms with Crippen LogP contribution in [0.1, 0.15) is 36.4 Å². The molecular weight excluding hydrogens is 361 g/mol. The summed E-state index contributed by atoms with van der Waals surface area (Å²) < 4.78 is 2.94. The molecule has 2 heterocycles. The topological polar surface area (TPSA) is 50.4 Å². The summed E-state index contributed by atoms with van der Waals surface area (Å²) in [4.78, 5) is 5.42. The second-order valence-electron chi connectivity index (χ2n) is 5.46. The zero-order chi connectivity index (χ0) is 12.5. The van der Waals surface area contributed by atoms with Crippen LogP contribution in [0.2, 0.25) is 0 Å². The second-order valence-corrected chi connectivity index (χ2v) is 7.44. The Balaban J connectivity index is 1.85. The standard InChI is InChI=1S/C12H14IN3OS/c1-6-9(13)16-11(14-6)18-10(15-16)12(17,7-2-3-7)8-4-5-8/h7-8,17H,2-5H2,1H3. The summed E-state index contributed by atoms with van der Waals surface area (Å²) in [6.07, 6.45) is 4.58. The minimum atomic E-state index is -0.664. The van der Waals surface area contributed by atoms with E-state index in [1.807, 2.05) is 11.4 Å². The molecule has 2 aliphatic carbocycles. The van der Waals surface area contributed by atoms with Crippen molar-refractivity contribution in [3.05, 3.63) is 14.4 Å². The maximum atomic E-state index is 11.0. The molecule has 1 N–H and O–H groups in total. The highest BCUT2D eigenvalue weighted by molar-refractivity contribution is 14.1. The minimum absolute atomic E-state index is 0.430. The molecule has 0 bridgehead atoms. The van der Waals surface area contributed by atoms with Gasteiger partial charge in [0.15, 0.2) is 0 Å². The summed E-state index contributed by atoms with van der Waals surface area (Å²) in [6, 6.07) is 0. The number of hydrogen-bond donors (Lipinski definition) is 1. The van der Waals surface area contributed by atoms with Crippen molar-refractivity contribution in [3.8, 4) is 0 Å². The lowest BCUT2D eigenvalue weighted by atomic mass is 9.93. The molecule has 2 aromatic heterocycles. The summed E-state index contributed by atoms with van der Waals surface area (Å²) in [6.45, 7) is 2.00. The Morgan fingerprint density at radius 2 is 1.94 bits per heavy atom. The van der Waals surface area contributed by atoms with E-state index in [2.05, 4.69) is 32.7 Å². The number of aromatic nitrogens is 3. The first-order valence-corrected chi connectivity index (χ1v) is 8.24. The maximum absolute atomic E-state index is 11.0. The van der Waals surface area contributed by atoms with Gasteiger partial charge in [-0.05, 0) is 67.0 Å². The molecule has 18 heavy (non-hydrogen) atoms. The third-order valence-electron chi connectivity index (χ3n) is 4.05. The molecule has 2 aliphatic rings. The molecule has 0 aliphatic heterocycles. The average molecular weight is 375 g/mol. The van der Waals surface area contributed by atoms with Crippen molar-refractivity contribution in [1.29, 1.82) is 0 Å². The summed E-state index contributed by atoms with van der Waals surface area (Å²) in [5, 5.41) is 16.6. The van der Waals surface area contributed by atoms with Gasteiger partial charge in [0, 0.05) is 0 Å². The van der Waals surface area contributed by atoms with E-state index in [4.69, 9.17) is 0 Å². The van der Waals surface area contributed by atoms with Gasteiger partial charge < -0.3 is 5.11 Å². The summed E-state index contributed by atoms with van der Waals surface area (Å²) >= 11 is 3.83. The van der Waals surface area contributed by atoms with E-state index in [9.17, 15) is 5.11 Å². The highest BCUT2D eigenvalue weighted by Crippen LogP contribution is 2.57. The first-order valence-electron chi connectivity index (χ1n) is 6.35. The van der Waals surface area contributed by atoms with E-state index in [1.165, 1.54) is 0 Å². The van der Waals surface area contributed by atoms with Crippen LogP contribution in [-0.2, 0) is 5.60 Å². The Hall–Kier alpha value is -0.210. The fourth-order valence-corrected chi connectivity index (χ4v) is 4.53. The van der Waals surface area contributed by atoms with Crippen LogP contribution in [0, 0.1) is 22.5 Å². The largest absolute Gasteiger partial charge is 0.382 e. The molecule has 2 saturated carbocycles. The number of imidazole rings is 1. The number of halogens is 1. The van der Waals surface area contributed by atoms with Gasteiger partial charge in [-0.3, -0.25) is 0 Å². The van der Waals surface area contributed by atoms with Crippen LogP contribution in [-0.4, -0.2) is 19.7 Å². The lowest BCUT2D eigenvalue weighted by Gasteiger charge is -2.25. The summed E-state index contributed by atoms with van der Waals surface area (Å²) in [5.41, 5.74) is 0.352. The Kier molecular flexibility index (Phi) is 2.36. The molecular formula is C12H14IN3OS. The van der Waals surface area contributed by atoms with E-state index >= 15 is 0 Å². The fraction of sp³-hybridized carbons (Fsp3) is 0.667. The Labute approximate surface area is 123 Å². The highest BCUT2D eigenvalue weighted by atomic mass is 127. The van der Waals surface area contributed by atoms with Crippen molar-refractivity contribution in [3.63, 3.8) is 0 Å². The molecule has 0 unspecified atom stereocenters. The monoisotopic (exact) mass is 375 g/mol. The second kappa shape index (κ2) is 3.67. The van der Waals surface area contributed by atoms with Crippen molar-refractivity contribution in [1.82, 2.24) is 14.6 Å². The van der Waals surface area contributed by atoms with Gasteiger partial charge in [0.1, 0.15) is 14.3 Å². The zero-order valence-electron chi connectivity index (χ0n) is 10.1. The molecule has 4 nitrogen and oxygen atoms in total. The quantitative estimate of drug-likeness (QED) is 0.840. The van der Waals surface area contributed by atoms with Gasteiger partial charge in [-0.25, -0.2) is 4.98 Å². The SMILES string of the molecule is Cc1nc2sc(C(O)(C3CC3)C3CC3)nn2c1I. The Morgan fingerprint density at radius 3 is 2.44 bits per heavy atom. The molecule has 0 radical (unpaired) electrons. The maximum Gasteiger partial charge on any atom is 0.213 e. The van der Waals surface area contributed by atoms with Gasteiger partial charge in [-0.1, -0.05) is 11.3 Å². The number of rotatable bonds is 3. The molecule has 0 atom stereocenters. The van der Waals surface area contributed by atoms with E-state index < -0.39 is 5.60 Å². The van der Waals surface area contributed by atoms with Crippen LogP contribution in [0.4, 0.5) is 0 Å². The predicted molar refractivity (Wildman–Crippen MR) is 77.7 cm³/mol. The fourth-order valence-electron chi connectivity index (χ4n) is 2.72. The summed E-state index contributed by atoms with van der Waals surface area (Å²) in [5.74, 6) is 0.860. The third kappa shape index (κ3) is 1.51. The molecule has 0 saturated heterocycles. The molecule has 2 fully saturated rings. The minimum Gasteiger partial charge on any atom is -0.382 e. The van der Waals surface area contributed by atoms with Gasteiger partial charge >= 0.3 is 0 Å². The van der Waals surface area contributed by atoms with E-state index in [0.717, 1.165) is 45.0 Å². The molecule has 4 rings (SSSR count). The van der Waals surface area contributed by atoms with E-state index in [0.29, 0.717) is 11.8 Å². The van der Waals surface area contributed by atoms with Crippen molar-refractivity contribution < 1.29 is 5.11 Å². The lowest BCUT2D eigenvalue weighted by molar-refractivity contribution is -0.0112. The van der Waals surface area contributed by atoms with Gasteiger partial charge in [-0.2, -0.15) is 9.61 Å². The molecule has 0 amide bonds. The molecule has 6 heteroatoms. The van der Waals surface area contributed by atoms with Crippen molar-refractivity contribution in [2.45, 2.75) is 38.2 Å². The van der Waals surface area contributed by atoms with Crippen molar-refractivity contribution in [2.75, 3.05) is 0 Å². The number of aliphatic hydroxyl groups is 1. The molecule has 2 aromatic rings. The first-order chi connectivity index (χ1) is 8.60. The molecule has 0 spiro atoms. The molecule has 0 aromatic carbocycles. The van der Waals surface area contributed by atoms with Gasteiger partial charge in [0.05, 0.1) is 5.69 Å². The summed E-state index contributed by atoms with van der Waals surface area (Å²) in [7, 11) is 0. The van der Waals surface area contributed by atoms with Crippen LogP contribution in [0.5, 0.6) is 0 Å². The molecule has 96 valence electrons. The van der Waals surface area contributed by atoms with Crippen LogP contribution >= 0.6 is 33.9 Å². The number of nitrogens with zero attached hydrogens (tertiary/aromatic N) is 3. The van der Waals surface area contributed by atoms with Crippen LogP contribution in [0.3, 0.4) is 0 Å². The van der Waals surface area contributed by atoms with Crippen molar-refractivity contribution >= 4 is 38.9 Å². The third-order valence-corrected chi connectivity index (χ3v) is 6.34. The zero-order valence-corrected chi connectivity index (χ0v) is 13.0. The number of fused-ring (bicyclic) bond motifs is 1. The van der Waals surface area contributed by atoms with E-state index in [1.54, 1.807) is 11.3 Å². The van der Waals surface area contributed by atoms with Crippen LogP contribution in [0.25, 0.3) is 4.96 Å². The van der Waals surface area contributed by atoms with Gasteiger partial charge in [0.2, 0.25) is 4.96 Å². The van der Waals surface area contributed by atoms with Gasteiger partial charge in [-0.15, -0.1) is 0 Å². The number of hydrogen-bond acceptors (Lipinski definition) is 4. The smallest absolute Gasteiger partial charge is 0.213 e. The average Bonchev–Trinajstić information content (AvgIpc) is 3.22. The normalized spacial score (nSPS) is 20.8. The van der Waals surface area contributed by atoms with Crippen LogP contribution < -0.4 is 0 Å². The Bertz CT molecular complexity index is 615.